The molecule has 1 aromatic heterocycles. The number of hydrogen-bond acceptors (Lipinski definition) is 5. The molecule has 1 saturated heterocycles. The second kappa shape index (κ2) is 10.7. The molecule has 2 heterocycles. The third kappa shape index (κ3) is 5.04. The van der Waals surface area contributed by atoms with Crippen LogP contribution in [0.1, 0.15) is 41.7 Å². The predicted molar refractivity (Wildman–Crippen MR) is 128 cm³/mol. The van der Waals surface area contributed by atoms with Gasteiger partial charge in [-0.25, -0.2) is 4.98 Å². The zero-order valence-electron chi connectivity index (χ0n) is 18.9. The molecule has 4 rings (SSSR count). The molecule has 2 atom stereocenters. The maximum absolute atomic E-state index is 13.4. The Labute approximate surface area is 203 Å². The molecule has 0 aliphatic carbocycles. The van der Waals surface area contributed by atoms with Crippen LogP contribution in [0.25, 0.3) is 0 Å². The first-order valence-corrected chi connectivity index (χ1v) is 11.7. The highest BCUT2D eigenvalue weighted by Gasteiger charge is 2.51. The third-order valence-corrected chi connectivity index (χ3v) is 6.14. The van der Waals surface area contributed by atoms with Gasteiger partial charge in [0.2, 0.25) is 5.78 Å². The van der Waals surface area contributed by atoms with Gasteiger partial charge in [0.05, 0.1) is 19.0 Å². The first-order valence-electron chi connectivity index (χ1n) is 11.3. The van der Waals surface area contributed by atoms with Crippen LogP contribution in [0.2, 0.25) is 5.02 Å². The summed E-state index contributed by atoms with van der Waals surface area (Å²) >= 11 is 5.97. The first kappa shape index (κ1) is 23.7. The summed E-state index contributed by atoms with van der Waals surface area (Å²) in [5, 5.41) is 0.491. The number of ketones is 2. The maximum Gasteiger partial charge on any atom is 0.291 e. The van der Waals surface area contributed by atoms with Crippen LogP contribution < -0.4 is 4.74 Å². The van der Waals surface area contributed by atoms with Crippen molar-refractivity contribution in [3.8, 4) is 5.75 Å². The Morgan fingerprint density at radius 1 is 1.06 bits per heavy atom. The van der Waals surface area contributed by atoms with E-state index in [0.29, 0.717) is 42.5 Å². The van der Waals surface area contributed by atoms with E-state index in [4.69, 9.17) is 16.3 Å². The van der Waals surface area contributed by atoms with Crippen LogP contribution in [0.4, 0.5) is 0 Å². The fourth-order valence-electron chi connectivity index (χ4n) is 4.22. The van der Waals surface area contributed by atoms with Crippen molar-refractivity contribution in [1.29, 1.82) is 0 Å². The van der Waals surface area contributed by atoms with Crippen LogP contribution in [-0.2, 0) is 16.1 Å². The quantitative estimate of drug-likeness (QED) is 0.245. The zero-order chi connectivity index (χ0) is 24.1. The number of aryl methyl sites for hydroxylation is 1. The molecule has 8 heteroatoms. The van der Waals surface area contributed by atoms with Gasteiger partial charge in [-0.3, -0.25) is 14.4 Å². The minimum absolute atomic E-state index is 0.339. The van der Waals surface area contributed by atoms with E-state index in [2.05, 4.69) is 4.98 Å². The number of hydrogen-bond donors (Lipinski definition) is 0. The zero-order valence-corrected chi connectivity index (χ0v) is 19.6. The number of nitrogens with zero attached hydrogens (tertiary/aromatic N) is 3. The number of aromatic nitrogens is 2. The maximum atomic E-state index is 13.4. The number of amides is 1. The fraction of sp³-hybridized carbons (Fsp3) is 0.308. The summed E-state index contributed by atoms with van der Waals surface area (Å²) in [5.41, 5.74) is 1.07. The lowest BCUT2D eigenvalue weighted by Crippen LogP contribution is -2.32. The highest BCUT2D eigenvalue weighted by molar-refractivity contribution is 6.44. The molecular formula is C26H26ClN3O4. The van der Waals surface area contributed by atoms with Crippen LogP contribution in [0.5, 0.6) is 5.75 Å². The van der Waals surface area contributed by atoms with Crippen molar-refractivity contribution >= 4 is 29.1 Å². The summed E-state index contributed by atoms with van der Waals surface area (Å²) < 4.78 is 7.58. The first-order chi connectivity index (χ1) is 16.5. The lowest BCUT2D eigenvalue weighted by atomic mass is 9.86. The number of likely N-dealkylation sites (tertiary alicyclic amines) is 1. The largest absolute Gasteiger partial charge is 0.494 e. The minimum Gasteiger partial charge on any atom is -0.494 e. The highest BCUT2D eigenvalue weighted by atomic mass is 35.5. The van der Waals surface area contributed by atoms with Gasteiger partial charge in [-0.05, 0) is 54.8 Å². The van der Waals surface area contributed by atoms with Crippen molar-refractivity contribution in [3.05, 3.63) is 83.4 Å². The molecule has 0 radical (unpaired) electrons. The van der Waals surface area contributed by atoms with Crippen LogP contribution in [-0.4, -0.2) is 45.1 Å². The van der Waals surface area contributed by atoms with Gasteiger partial charge in [0.1, 0.15) is 11.7 Å². The molecule has 0 spiro atoms. The number of carbonyl (C=O) groups excluding carboxylic acids is 3. The molecule has 1 aliphatic heterocycles. The van der Waals surface area contributed by atoms with E-state index in [1.54, 1.807) is 36.8 Å². The number of carbonyl (C=O) groups is 3. The van der Waals surface area contributed by atoms with Gasteiger partial charge >= 0.3 is 0 Å². The average molecular weight is 480 g/mol. The fourth-order valence-corrected chi connectivity index (χ4v) is 4.34. The van der Waals surface area contributed by atoms with Gasteiger partial charge in [0.25, 0.3) is 5.91 Å². The number of rotatable bonds is 10. The summed E-state index contributed by atoms with van der Waals surface area (Å²) in [4.78, 5) is 45.1. The Balaban J connectivity index is 1.63. The number of benzene rings is 2. The van der Waals surface area contributed by atoms with E-state index in [0.717, 1.165) is 12.0 Å². The van der Waals surface area contributed by atoms with Gasteiger partial charge in [-0.15, -0.1) is 0 Å². The van der Waals surface area contributed by atoms with Gasteiger partial charge in [0, 0.05) is 36.1 Å². The molecule has 0 N–H and O–H groups in total. The monoisotopic (exact) mass is 479 g/mol. The predicted octanol–water partition coefficient (Wildman–Crippen LogP) is 4.37. The van der Waals surface area contributed by atoms with Crippen molar-refractivity contribution < 1.29 is 19.1 Å². The Morgan fingerprint density at radius 2 is 1.79 bits per heavy atom. The van der Waals surface area contributed by atoms with Gasteiger partial charge in [-0.2, -0.15) is 0 Å². The molecule has 1 aliphatic rings. The minimum atomic E-state index is -1.12. The summed E-state index contributed by atoms with van der Waals surface area (Å²) in [7, 11) is 0. The van der Waals surface area contributed by atoms with Crippen molar-refractivity contribution in [3.63, 3.8) is 0 Å². The third-order valence-electron chi connectivity index (χ3n) is 5.89. The lowest BCUT2D eigenvalue weighted by Gasteiger charge is -2.27. The number of ether oxygens (including phenoxy) is 1. The Kier molecular flexibility index (Phi) is 7.43. The van der Waals surface area contributed by atoms with E-state index in [-0.39, 0.29) is 5.78 Å². The smallest absolute Gasteiger partial charge is 0.291 e. The van der Waals surface area contributed by atoms with Crippen molar-refractivity contribution in [2.45, 2.75) is 32.4 Å². The van der Waals surface area contributed by atoms with Crippen molar-refractivity contribution in [2.75, 3.05) is 13.2 Å². The molecule has 0 bridgehead atoms. The van der Waals surface area contributed by atoms with Gasteiger partial charge in [-0.1, -0.05) is 30.7 Å². The Bertz CT molecular complexity index is 1140. The summed E-state index contributed by atoms with van der Waals surface area (Å²) in [5.74, 6) is -2.12. The number of halogens is 1. The molecular weight excluding hydrogens is 454 g/mol. The Morgan fingerprint density at radius 3 is 2.44 bits per heavy atom. The highest BCUT2D eigenvalue weighted by Crippen LogP contribution is 2.39. The van der Waals surface area contributed by atoms with E-state index < -0.39 is 23.7 Å². The second-order valence-electron chi connectivity index (χ2n) is 8.23. The van der Waals surface area contributed by atoms with Gasteiger partial charge < -0.3 is 14.2 Å². The molecule has 34 heavy (non-hydrogen) atoms. The van der Waals surface area contributed by atoms with Crippen LogP contribution >= 0.6 is 11.6 Å². The normalized spacial score (nSPS) is 17.9. The lowest BCUT2D eigenvalue weighted by molar-refractivity contribution is -0.140. The van der Waals surface area contributed by atoms with E-state index in [1.807, 2.05) is 42.0 Å². The van der Waals surface area contributed by atoms with Crippen molar-refractivity contribution in [2.24, 2.45) is 5.92 Å². The molecule has 2 aromatic carbocycles. The SMILES string of the molecule is CCCOc1ccc(C2C(C(=O)c3ccc(Cl)cc3)C(=O)C(=O)N2CCCn2ccnc2)cc1. The summed E-state index contributed by atoms with van der Waals surface area (Å²) in [6.07, 6.45) is 6.74. The van der Waals surface area contributed by atoms with Crippen LogP contribution in [0.15, 0.2) is 67.3 Å². The standard InChI is InChI=1S/C26H26ClN3O4/c1-2-16-34-21-10-6-18(7-11-21)23-22(24(31)19-4-8-20(27)9-5-19)25(32)26(33)30(23)14-3-13-29-15-12-28-17-29/h4-12,15,17,22-23H,2-3,13-14,16H2,1H3. The average Bonchev–Trinajstić information content (AvgIpc) is 3.45. The van der Waals surface area contributed by atoms with E-state index in [1.165, 1.54) is 4.90 Å². The topological polar surface area (TPSA) is 81.5 Å². The van der Waals surface area contributed by atoms with Crippen molar-refractivity contribution in [1.82, 2.24) is 14.5 Å². The Hall–Kier alpha value is -3.45. The van der Waals surface area contributed by atoms with E-state index >= 15 is 0 Å². The summed E-state index contributed by atoms with van der Waals surface area (Å²) in [6, 6.07) is 13.0. The molecule has 1 fully saturated rings. The summed E-state index contributed by atoms with van der Waals surface area (Å²) in [6.45, 7) is 3.60. The number of Topliss-reactive ketones (excluding diaryl/α,β-unsaturated/α-hetero) is 2. The second-order valence-corrected chi connectivity index (χ2v) is 8.66. The van der Waals surface area contributed by atoms with Gasteiger partial charge in [0.15, 0.2) is 5.78 Å². The number of imidazole rings is 1. The van der Waals surface area contributed by atoms with Crippen LogP contribution in [0, 0.1) is 5.92 Å². The molecule has 7 nitrogen and oxygen atoms in total. The molecule has 2 unspecified atom stereocenters. The van der Waals surface area contributed by atoms with Crippen LogP contribution in [0.3, 0.4) is 0 Å². The molecule has 1 amide bonds. The molecule has 0 saturated carbocycles. The van der Waals surface area contributed by atoms with E-state index in [9.17, 15) is 14.4 Å². The molecule has 3 aromatic rings. The molecule has 176 valence electrons.